The third-order valence-electron chi connectivity index (χ3n) is 1.36. The van der Waals surface area contributed by atoms with Gasteiger partial charge in [-0.3, -0.25) is 6.08 Å². The first-order valence-electron chi connectivity index (χ1n) is 5.03. The largest absolute Gasteiger partial charge is 3.00 e. The molecule has 0 unspecified atom stereocenters. The van der Waals surface area contributed by atoms with Gasteiger partial charge in [-0.1, -0.05) is 30.3 Å². The van der Waals surface area contributed by atoms with Crippen LogP contribution in [0.5, 0.6) is 0 Å². The second kappa shape index (κ2) is 17.9. The second-order valence-corrected chi connectivity index (χ2v) is 2.95. The maximum atomic E-state index is 7.00. The molecular formula is C14H19ClNTi. The van der Waals surface area contributed by atoms with Gasteiger partial charge in [0, 0.05) is 0 Å². The summed E-state index contributed by atoms with van der Waals surface area (Å²) >= 11 is 0. The summed E-state index contributed by atoms with van der Waals surface area (Å²) in [7, 11) is 0. The Hall–Kier alpha value is -0.496. The quantitative estimate of drug-likeness (QED) is 0.454. The summed E-state index contributed by atoms with van der Waals surface area (Å²) in [6.07, 6.45) is 12.0. The first-order chi connectivity index (χ1) is 7.31. The van der Waals surface area contributed by atoms with Crippen molar-refractivity contribution in [3.63, 3.8) is 0 Å². The molecule has 0 heterocycles. The van der Waals surface area contributed by atoms with E-state index in [9.17, 15) is 0 Å². The van der Waals surface area contributed by atoms with Crippen LogP contribution in [0.2, 0.25) is 0 Å². The molecule has 0 saturated heterocycles. The Morgan fingerprint density at radius 1 is 1.18 bits per heavy atom. The van der Waals surface area contributed by atoms with E-state index in [4.69, 9.17) is 5.73 Å². The number of hydrogen-bond acceptors (Lipinski definition) is 0. The van der Waals surface area contributed by atoms with E-state index in [0.29, 0.717) is 5.69 Å². The average molecular weight is 285 g/mol. The zero-order valence-electron chi connectivity index (χ0n) is 10.3. The Kier molecular flexibility index (Phi) is 22.9. The average Bonchev–Trinajstić information content (AvgIpc) is 2.78. The Balaban J connectivity index is -0.000000176. The van der Waals surface area contributed by atoms with Crippen molar-refractivity contribution in [3.05, 3.63) is 66.8 Å². The monoisotopic (exact) mass is 284 g/mol. The van der Waals surface area contributed by atoms with E-state index in [1.165, 1.54) is 0 Å². The molecule has 0 saturated carbocycles. The normalized spacial score (nSPS) is 9.76. The molecular weight excluding hydrogens is 265 g/mol. The standard InChI is InChI=1S/C6H6N.C5H5.C3H7.ClH.Ti/c7-6-4-2-1-3-5-6;1-2-4-5-3-1;1-3-2;;/h1-5,7H;1-3H,4H2;3H,1-2H3;1H;/q3*-1;;+3. The van der Waals surface area contributed by atoms with Crippen LogP contribution in [-0.4, -0.2) is 0 Å². The van der Waals surface area contributed by atoms with Crippen molar-refractivity contribution in [1.82, 2.24) is 0 Å². The molecule has 0 fully saturated rings. The summed E-state index contributed by atoms with van der Waals surface area (Å²) in [6.45, 7) is 4.00. The number of halogens is 1. The predicted octanol–water partition coefficient (Wildman–Crippen LogP) is 5.33. The summed E-state index contributed by atoms with van der Waals surface area (Å²) < 4.78 is 0. The van der Waals surface area contributed by atoms with Crippen LogP contribution >= 0.6 is 12.4 Å². The summed E-state index contributed by atoms with van der Waals surface area (Å²) in [4.78, 5) is 0. The molecule has 3 heteroatoms. The van der Waals surface area contributed by atoms with E-state index in [0.717, 1.165) is 6.42 Å². The molecule has 0 bridgehead atoms. The molecule has 91 valence electrons. The molecule has 0 spiro atoms. The fourth-order valence-corrected chi connectivity index (χ4v) is 0.778. The van der Waals surface area contributed by atoms with Gasteiger partial charge in [0.15, 0.2) is 0 Å². The fourth-order valence-electron chi connectivity index (χ4n) is 0.778. The summed E-state index contributed by atoms with van der Waals surface area (Å²) in [5, 5.41) is 0. The van der Waals surface area contributed by atoms with Gasteiger partial charge in [0.1, 0.15) is 0 Å². The van der Waals surface area contributed by atoms with Crippen LogP contribution < -0.4 is 0 Å². The van der Waals surface area contributed by atoms with Crippen LogP contribution in [0.3, 0.4) is 0 Å². The Labute approximate surface area is 126 Å². The Morgan fingerprint density at radius 2 is 1.71 bits per heavy atom. The Morgan fingerprint density at radius 3 is 1.88 bits per heavy atom. The van der Waals surface area contributed by atoms with Gasteiger partial charge < -0.3 is 12.2 Å². The van der Waals surface area contributed by atoms with Crippen LogP contribution in [0, 0.1) is 12.5 Å². The smallest absolute Gasteiger partial charge is 0.699 e. The molecule has 2 rings (SSSR count). The predicted molar refractivity (Wildman–Crippen MR) is 74.9 cm³/mol. The van der Waals surface area contributed by atoms with E-state index < -0.39 is 0 Å². The van der Waals surface area contributed by atoms with Crippen molar-refractivity contribution < 1.29 is 21.7 Å². The van der Waals surface area contributed by atoms with E-state index in [1.807, 2.05) is 50.6 Å². The van der Waals surface area contributed by atoms with Crippen molar-refractivity contribution in [1.29, 1.82) is 0 Å². The van der Waals surface area contributed by atoms with Crippen LogP contribution in [0.1, 0.15) is 20.3 Å². The zero-order chi connectivity index (χ0) is 11.4. The topological polar surface area (TPSA) is 23.8 Å². The summed E-state index contributed by atoms with van der Waals surface area (Å²) in [5.74, 6) is 0. The molecule has 1 aliphatic rings. The van der Waals surface area contributed by atoms with Gasteiger partial charge in [-0.15, -0.1) is 24.5 Å². The van der Waals surface area contributed by atoms with Crippen molar-refractivity contribution >= 4 is 18.1 Å². The van der Waals surface area contributed by atoms with Crippen molar-refractivity contribution in [2.45, 2.75) is 20.3 Å². The number of nitrogens with one attached hydrogen (secondary N) is 1. The minimum absolute atomic E-state index is 0. The van der Waals surface area contributed by atoms with Crippen LogP contribution in [0.25, 0.3) is 5.73 Å². The van der Waals surface area contributed by atoms with Crippen LogP contribution in [0.4, 0.5) is 5.69 Å². The molecule has 0 aromatic heterocycles. The van der Waals surface area contributed by atoms with E-state index >= 15 is 0 Å². The second-order valence-electron chi connectivity index (χ2n) is 2.95. The minimum atomic E-state index is 0. The third kappa shape index (κ3) is 18.1. The van der Waals surface area contributed by atoms with E-state index in [1.54, 1.807) is 12.1 Å². The number of allylic oxidation sites excluding steroid dienone is 4. The van der Waals surface area contributed by atoms with Crippen molar-refractivity contribution in [3.8, 4) is 0 Å². The minimum Gasteiger partial charge on any atom is -0.699 e. The fraction of sp³-hybridized carbons (Fsp3) is 0.214. The molecule has 1 N–H and O–H groups in total. The van der Waals surface area contributed by atoms with Gasteiger partial charge >= 0.3 is 21.7 Å². The summed E-state index contributed by atoms with van der Waals surface area (Å²) in [5.41, 5.74) is 7.57. The van der Waals surface area contributed by atoms with Gasteiger partial charge in [-0.2, -0.15) is 19.9 Å². The summed E-state index contributed by atoms with van der Waals surface area (Å²) in [6, 6.07) is 9.10. The van der Waals surface area contributed by atoms with Gasteiger partial charge in [0.05, 0.1) is 0 Å². The maximum absolute atomic E-state index is 7.00. The molecule has 1 aromatic rings. The van der Waals surface area contributed by atoms with Gasteiger partial charge in [0.2, 0.25) is 0 Å². The molecule has 0 amide bonds. The SMILES string of the molecule is C[CH-]C.Cl.[C-]1=CC=CC1.[NH-]c1ccccc1.[Ti+3]. The molecule has 0 aliphatic heterocycles. The molecule has 17 heavy (non-hydrogen) atoms. The van der Waals surface area contributed by atoms with Gasteiger partial charge in [0.25, 0.3) is 0 Å². The Bertz CT molecular complexity index is 274. The molecule has 1 aliphatic carbocycles. The van der Waals surface area contributed by atoms with Gasteiger partial charge in [-0.25, -0.2) is 12.2 Å². The van der Waals surface area contributed by atoms with E-state index in [2.05, 4.69) is 12.2 Å². The van der Waals surface area contributed by atoms with Crippen LogP contribution in [-0.2, 0) is 21.7 Å². The van der Waals surface area contributed by atoms with Crippen molar-refractivity contribution in [2.24, 2.45) is 0 Å². The maximum Gasteiger partial charge on any atom is 3.00 e. The number of benzene rings is 1. The molecule has 0 atom stereocenters. The number of rotatable bonds is 0. The molecule has 1 radical (unpaired) electrons. The first kappa shape index (κ1) is 21.8. The number of hydrogen-bond donors (Lipinski definition) is 0. The third-order valence-corrected chi connectivity index (χ3v) is 1.36. The van der Waals surface area contributed by atoms with Crippen molar-refractivity contribution in [2.75, 3.05) is 0 Å². The molecule has 1 nitrogen and oxygen atoms in total. The zero-order valence-corrected chi connectivity index (χ0v) is 12.7. The molecule has 1 aromatic carbocycles. The van der Waals surface area contributed by atoms with Gasteiger partial charge in [-0.05, 0) is 0 Å². The van der Waals surface area contributed by atoms with E-state index in [-0.39, 0.29) is 34.1 Å². The van der Waals surface area contributed by atoms with Crippen LogP contribution in [0.15, 0.2) is 48.6 Å². The first-order valence-corrected chi connectivity index (χ1v) is 5.03.